The standard InChI is InChI=1S/C20H20Cl2N2O3/c1-27-18-5-3-2-4-15(18)19(25)23-14-8-10-24(11-9-14)20(26)13-6-7-16(21)17(22)12-13/h2-7,12,14H,8-11H2,1H3,(H,23,25). The summed E-state index contributed by atoms with van der Waals surface area (Å²) in [5.74, 6) is 0.298. The Kier molecular flexibility index (Phi) is 6.24. The quantitative estimate of drug-likeness (QED) is 0.833. The topological polar surface area (TPSA) is 58.6 Å². The summed E-state index contributed by atoms with van der Waals surface area (Å²) >= 11 is 11.9. The Morgan fingerprint density at radius 2 is 1.78 bits per heavy atom. The molecule has 0 aromatic heterocycles. The van der Waals surface area contributed by atoms with Crippen LogP contribution in [0.15, 0.2) is 42.5 Å². The largest absolute Gasteiger partial charge is 0.496 e. The van der Waals surface area contributed by atoms with Crippen LogP contribution in [0, 0.1) is 0 Å². The molecule has 1 aliphatic heterocycles. The molecule has 5 nitrogen and oxygen atoms in total. The summed E-state index contributed by atoms with van der Waals surface area (Å²) in [4.78, 5) is 26.9. The molecule has 27 heavy (non-hydrogen) atoms. The molecule has 1 N–H and O–H groups in total. The van der Waals surface area contributed by atoms with E-state index >= 15 is 0 Å². The van der Waals surface area contributed by atoms with Gasteiger partial charge in [0.1, 0.15) is 5.75 Å². The van der Waals surface area contributed by atoms with Crippen LogP contribution >= 0.6 is 23.2 Å². The van der Waals surface area contributed by atoms with Gasteiger partial charge in [-0.15, -0.1) is 0 Å². The number of halogens is 2. The summed E-state index contributed by atoms with van der Waals surface area (Å²) in [5, 5.41) is 3.81. The van der Waals surface area contributed by atoms with Gasteiger partial charge in [0.15, 0.2) is 0 Å². The minimum atomic E-state index is -0.165. The van der Waals surface area contributed by atoms with Crippen LogP contribution in [0.1, 0.15) is 33.6 Å². The fraction of sp³-hybridized carbons (Fsp3) is 0.300. The molecule has 3 rings (SSSR count). The van der Waals surface area contributed by atoms with Crippen molar-refractivity contribution in [1.29, 1.82) is 0 Å². The second-order valence-corrected chi connectivity index (χ2v) is 7.18. The smallest absolute Gasteiger partial charge is 0.255 e. The Hall–Kier alpha value is -2.24. The molecule has 0 unspecified atom stereocenters. The summed E-state index contributed by atoms with van der Waals surface area (Å²) in [6, 6.07) is 12.0. The van der Waals surface area contributed by atoms with E-state index in [-0.39, 0.29) is 17.9 Å². The second kappa shape index (κ2) is 8.63. The van der Waals surface area contributed by atoms with Gasteiger partial charge in [-0.25, -0.2) is 0 Å². The van der Waals surface area contributed by atoms with Crippen LogP contribution in [0.3, 0.4) is 0 Å². The number of nitrogens with one attached hydrogen (secondary N) is 1. The van der Waals surface area contributed by atoms with Crippen molar-refractivity contribution >= 4 is 35.0 Å². The van der Waals surface area contributed by atoms with Gasteiger partial charge in [-0.3, -0.25) is 9.59 Å². The molecule has 1 heterocycles. The second-order valence-electron chi connectivity index (χ2n) is 6.37. The average molecular weight is 407 g/mol. The van der Waals surface area contributed by atoms with E-state index in [1.54, 1.807) is 48.4 Å². The van der Waals surface area contributed by atoms with Gasteiger partial charge in [0.2, 0.25) is 0 Å². The zero-order valence-electron chi connectivity index (χ0n) is 14.9. The molecule has 2 aromatic rings. The maximum atomic E-state index is 12.6. The van der Waals surface area contributed by atoms with Crippen LogP contribution < -0.4 is 10.1 Å². The lowest BCUT2D eigenvalue weighted by molar-refractivity contribution is 0.0698. The van der Waals surface area contributed by atoms with E-state index in [1.807, 2.05) is 6.07 Å². The van der Waals surface area contributed by atoms with Crippen molar-refractivity contribution in [2.75, 3.05) is 20.2 Å². The summed E-state index contributed by atoms with van der Waals surface area (Å²) < 4.78 is 5.24. The van der Waals surface area contributed by atoms with Crippen molar-refractivity contribution in [3.63, 3.8) is 0 Å². The Balaban J connectivity index is 1.58. The summed E-state index contributed by atoms with van der Waals surface area (Å²) in [7, 11) is 1.54. The highest BCUT2D eigenvalue weighted by atomic mass is 35.5. The van der Waals surface area contributed by atoms with Gasteiger partial charge in [-0.1, -0.05) is 35.3 Å². The normalized spacial score (nSPS) is 14.7. The van der Waals surface area contributed by atoms with E-state index in [0.717, 1.165) is 0 Å². The van der Waals surface area contributed by atoms with E-state index in [2.05, 4.69) is 5.32 Å². The van der Waals surface area contributed by atoms with E-state index < -0.39 is 0 Å². The number of nitrogens with zero attached hydrogens (tertiary/aromatic N) is 1. The number of para-hydroxylation sites is 1. The lowest BCUT2D eigenvalue weighted by atomic mass is 10.0. The van der Waals surface area contributed by atoms with Gasteiger partial charge < -0.3 is 15.0 Å². The van der Waals surface area contributed by atoms with Crippen molar-refractivity contribution < 1.29 is 14.3 Å². The van der Waals surface area contributed by atoms with E-state index in [9.17, 15) is 9.59 Å². The highest BCUT2D eigenvalue weighted by Gasteiger charge is 2.25. The third-order valence-electron chi connectivity index (χ3n) is 4.64. The molecule has 142 valence electrons. The first kappa shape index (κ1) is 19.5. The lowest BCUT2D eigenvalue weighted by Gasteiger charge is -2.32. The number of methoxy groups -OCH3 is 1. The maximum absolute atomic E-state index is 12.6. The number of benzene rings is 2. The molecular weight excluding hydrogens is 387 g/mol. The van der Waals surface area contributed by atoms with Crippen molar-refractivity contribution in [2.24, 2.45) is 0 Å². The highest BCUT2D eigenvalue weighted by Crippen LogP contribution is 2.24. The summed E-state index contributed by atoms with van der Waals surface area (Å²) in [5.41, 5.74) is 1.02. The molecule has 0 spiro atoms. The Morgan fingerprint density at radius 1 is 1.07 bits per heavy atom. The van der Waals surface area contributed by atoms with Crippen molar-refractivity contribution in [1.82, 2.24) is 10.2 Å². The third kappa shape index (κ3) is 4.54. The van der Waals surface area contributed by atoms with Crippen molar-refractivity contribution in [3.8, 4) is 5.75 Å². The first-order chi connectivity index (χ1) is 13.0. The first-order valence-corrected chi connectivity index (χ1v) is 9.43. The van der Waals surface area contributed by atoms with Crippen LogP contribution in [-0.2, 0) is 0 Å². The number of rotatable bonds is 4. The fourth-order valence-electron chi connectivity index (χ4n) is 3.13. The van der Waals surface area contributed by atoms with Gasteiger partial charge in [-0.2, -0.15) is 0 Å². The minimum Gasteiger partial charge on any atom is -0.496 e. The Morgan fingerprint density at radius 3 is 2.44 bits per heavy atom. The van der Waals surface area contributed by atoms with Crippen LogP contribution in [0.2, 0.25) is 10.0 Å². The fourth-order valence-corrected chi connectivity index (χ4v) is 3.43. The highest BCUT2D eigenvalue weighted by molar-refractivity contribution is 6.42. The van der Waals surface area contributed by atoms with Gasteiger partial charge in [0.05, 0.1) is 22.7 Å². The van der Waals surface area contributed by atoms with E-state index in [4.69, 9.17) is 27.9 Å². The van der Waals surface area contributed by atoms with Gasteiger partial charge >= 0.3 is 0 Å². The number of piperidine rings is 1. The van der Waals surface area contributed by atoms with Gasteiger partial charge in [0.25, 0.3) is 11.8 Å². The number of carbonyl (C=O) groups is 2. The Bertz CT molecular complexity index is 849. The molecule has 0 aliphatic carbocycles. The molecular formula is C20H20Cl2N2O3. The Labute approximate surface area is 168 Å². The summed E-state index contributed by atoms with van der Waals surface area (Å²) in [6.07, 6.45) is 1.38. The monoisotopic (exact) mass is 406 g/mol. The van der Waals surface area contributed by atoms with Crippen molar-refractivity contribution in [2.45, 2.75) is 18.9 Å². The number of hydrogen-bond acceptors (Lipinski definition) is 3. The number of amides is 2. The first-order valence-electron chi connectivity index (χ1n) is 8.68. The molecule has 2 amide bonds. The third-order valence-corrected chi connectivity index (χ3v) is 5.37. The number of ether oxygens (including phenoxy) is 1. The zero-order chi connectivity index (χ0) is 19.4. The maximum Gasteiger partial charge on any atom is 0.255 e. The zero-order valence-corrected chi connectivity index (χ0v) is 16.4. The molecule has 7 heteroatoms. The minimum absolute atomic E-state index is 0.0141. The molecule has 2 aromatic carbocycles. The molecule has 1 fully saturated rings. The lowest BCUT2D eigenvalue weighted by Crippen LogP contribution is -2.46. The molecule has 0 atom stereocenters. The number of carbonyl (C=O) groups excluding carboxylic acids is 2. The van der Waals surface area contributed by atoms with Crippen LogP contribution in [0.4, 0.5) is 0 Å². The molecule has 1 aliphatic rings. The molecule has 0 bridgehead atoms. The molecule has 0 radical (unpaired) electrons. The predicted octanol–water partition coefficient (Wildman–Crippen LogP) is 4.04. The number of hydrogen-bond donors (Lipinski definition) is 1. The summed E-state index contributed by atoms with van der Waals surface area (Å²) in [6.45, 7) is 1.13. The van der Waals surface area contributed by atoms with Gasteiger partial charge in [-0.05, 0) is 43.2 Å². The van der Waals surface area contributed by atoms with E-state index in [1.165, 1.54) is 0 Å². The molecule has 1 saturated heterocycles. The van der Waals surface area contributed by atoms with Gasteiger partial charge in [0, 0.05) is 24.7 Å². The number of likely N-dealkylation sites (tertiary alicyclic amines) is 1. The molecule has 0 saturated carbocycles. The predicted molar refractivity (Wildman–Crippen MR) is 106 cm³/mol. The van der Waals surface area contributed by atoms with E-state index in [0.29, 0.717) is 52.9 Å². The SMILES string of the molecule is COc1ccccc1C(=O)NC1CCN(C(=O)c2ccc(Cl)c(Cl)c2)CC1. The average Bonchev–Trinajstić information content (AvgIpc) is 2.70. The van der Waals surface area contributed by atoms with Crippen LogP contribution in [0.5, 0.6) is 5.75 Å². The van der Waals surface area contributed by atoms with Crippen molar-refractivity contribution in [3.05, 3.63) is 63.6 Å². The van der Waals surface area contributed by atoms with Crippen LogP contribution in [-0.4, -0.2) is 43.0 Å². The van der Waals surface area contributed by atoms with Crippen LogP contribution in [0.25, 0.3) is 0 Å².